The summed E-state index contributed by atoms with van der Waals surface area (Å²) >= 11 is 0. The van der Waals surface area contributed by atoms with Gasteiger partial charge in [-0.2, -0.15) is 0 Å². The second-order valence-corrected chi connectivity index (χ2v) is 5.11. The first-order valence-electron chi connectivity index (χ1n) is 6.85. The molecule has 112 valence electrons. The molecule has 0 saturated carbocycles. The number of hydrogen-bond donors (Lipinski definition) is 2. The van der Waals surface area contributed by atoms with E-state index in [9.17, 15) is 9.59 Å². The van der Waals surface area contributed by atoms with Crippen molar-refractivity contribution >= 4 is 17.5 Å². The number of nitrogens with one attached hydrogen (secondary N) is 1. The molecule has 0 spiro atoms. The van der Waals surface area contributed by atoms with Gasteiger partial charge in [0.15, 0.2) is 0 Å². The Kier molecular flexibility index (Phi) is 4.52. The van der Waals surface area contributed by atoms with Gasteiger partial charge in [0.1, 0.15) is 6.04 Å². The van der Waals surface area contributed by atoms with Crippen molar-refractivity contribution in [3.8, 4) is 0 Å². The second-order valence-electron chi connectivity index (χ2n) is 5.11. The van der Waals surface area contributed by atoms with E-state index in [1.165, 1.54) is 0 Å². The van der Waals surface area contributed by atoms with Crippen LogP contribution in [0.4, 0.5) is 5.69 Å². The fourth-order valence-corrected chi connectivity index (χ4v) is 2.75. The summed E-state index contributed by atoms with van der Waals surface area (Å²) < 4.78 is 0. The van der Waals surface area contributed by atoms with Crippen molar-refractivity contribution < 1.29 is 9.59 Å². The molecule has 1 aromatic rings. The predicted octanol–water partition coefficient (Wildman–Crippen LogP) is 1.61. The highest BCUT2D eigenvalue weighted by Gasteiger charge is 2.36. The normalized spacial score (nSPS) is 19.4. The monoisotopic (exact) mass is 288 g/mol. The van der Waals surface area contributed by atoms with E-state index >= 15 is 0 Å². The predicted molar refractivity (Wildman–Crippen MR) is 78.2 cm³/mol. The van der Waals surface area contributed by atoms with Crippen LogP contribution < -0.4 is 11.2 Å². The average molecular weight is 288 g/mol. The van der Waals surface area contributed by atoms with Crippen LogP contribution in [0.2, 0.25) is 0 Å². The molecule has 1 heterocycles. The summed E-state index contributed by atoms with van der Waals surface area (Å²) in [5, 5.41) is 2.88. The van der Waals surface area contributed by atoms with Crippen LogP contribution in [-0.2, 0) is 9.59 Å². The number of amides is 2. The minimum atomic E-state index is -0.545. The van der Waals surface area contributed by atoms with Gasteiger partial charge in [0, 0.05) is 18.9 Å². The van der Waals surface area contributed by atoms with E-state index in [0.29, 0.717) is 25.1 Å². The van der Waals surface area contributed by atoms with E-state index in [4.69, 9.17) is 11.3 Å². The lowest BCUT2D eigenvalue weighted by Crippen LogP contribution is -2.45. The number of primary amides is 1. The van der Waals surface area contributed by atoms with Gasteiger partial charge in [-0.05, 0) is 17.7 Å². The van der Waals surface area contributed by atoms with Crippen LogP contribution in [0, 0.1) is 0 Å². The highest BCUT2D eigenvalue weighted by atomic mass is 16.2. The number of benzene rings is 1. The first-order chi connectivity index (χ1) is 10.1. The van der Waals surface area contributed by atoms with E-state index in [0.717, 1.165) is 5.56 Å². The number of rotatable bonds is 6. The van der Waals surface area contributed by atoms with E-state index in [1.807, 2.05) is 25.1 Å². The number of nitrogens with two attached hydrogens (primary N) is 1. The zero-order chi connectivity index (χ0) is 15.4. The summed E-state index contributed by atoms with van der Waals surface area (Å²) in [6.07, 6.45) is 0.863. The molecule has 0 aliphatic carbocycles. The molecule has 1 saturated heterocycles. The summed E-state index contributed by atoms with van der Waals surface area (Å²) in [5.74, 6) is -0.525. The first-order valence-corrected chi connectivity index (χ1v) is 6.85. The second kappa shape index (κ2) is 6.34. The maximum atomic E-state index is 12.1. The summed E-state index contributed by atoms with van der Waals surface area (Å²) in [7, 11) is 0. The van der Waals surface area contributed by atoms with Crippen LogP contribution in [0.1, 0.15) is 31.2 Å². The molecule has 7 heteroatoms. The highest BCUT2D eigenvalue weighted by molar-refractivity contribution is 5.88. The Morgan fingerprint density at radius 3 is 3.00 bits per heavy atom. The van der Waals surface area contributed by atoms with Crippen molar-refractivity contribution in [3.05, 3.63) is 35.4 Å². The maximum Gasteiger partial charge on any atom is 0.240 e. The third-order valence-electron chi connectivity index (χ3n) is 3.79. The van der Waals surface area contributed by atoms with Gasteiger partial charge in [-0.15, -0.1) is 0 Å². The lowest BCUT2D eigenvalue weighted by atomic mass is 9.98. The first kappa shape index (κ1) is 15.0. The Labute approximate surface area is 123 Å². The van der Waals surface area contributed by atoms with Gasteiger partial charge >= 0.3 is 0 Å². The van der Waals surface area contributed by atoms with Gasteiger partial charge in [0.05, 0.1) is 0 Å². The lowest BCUT2D eigenvalue weighted by molar-refractivity contribution is -0.136. The summed E-state index contributed by atoms with van der Waals surface area (Å²) in [5.41, 5.74) is 17.9. The standard InChI is InChI=1S/C14H18N5O2/c1-2-12(14(15)21)19-8-10(7-13(19)20)9-4-3-5-11(6-9)17-18-16/h3-6,10,12H,2,7-8H2,1H3,(H3-,15,16,17,21)/q-1. The Morgan fingerprint density at radius 1 is 1.62 bits per heavy atom. The van der Waals surface area contributed by atoms with Crippen molar-refractivity contribution in [1.29, 1.82) is 0 Å². The largest absolute Gasteiger partial charge is 0.387 e. The number of carbonyl (C=O) groups is 2. The highest BCUT2D eigenvalue weighted by Crippen LogP contribution is 2.31. The van der Waals surface area contributed by atoms with Gasteiger partial charge in [-0.3, -0.25) is 14.8 Å². The average Bonchev–Trinajstić information content (AvgIpc) is 2.82. The Bertz CT molecular complexity index is 560. The molecule has 2 unspecified atom stereocenters. The molecule has 7 nitrogen and oxygen atoms in total. The van der Waals surface area contributed by atoms with Crippen molar-refractivity contribution in [2.75, 3.05) is 12.0 Å². The molecule has 0 aromatic heterocycles. The van der Waals surface area contributed by atoms with Gasteiger partial charge in [-0.1, -0.05) is 31.2 Å². The van der Waals surface area contributed by atoms with Crippen LogP contribution in [0.15, 0.2) is 29.5 Å². The minimum Gasteiger partial charge on any atom is -0.387 e. The van der Waals surface area contributed by atoms with Crippen molar-refractivity contribution in [3.63, 3.8) is 0 Å². The van der Waals surface area contributed by atoms with Gasteiger partial charge < -0.3 is 21.6 Å². The molecule has 1 aliphatic heterocycles. The van der Waals surface area contributed by atoms with Crippen molar-refractivity contribution in [1.82, 2.24) is 4.90 Å². The molecule has 0 bridgehead atoms. The smallest absolute Gasteiger partial charge is 0.240 e. The van der Waals surface area contributed by atoms with E-state index in [-0.39, 0.29) is 11.8 Å². The van der Waals surface area contributed by atoms with Crippen molar-refractivity contribution in [2.45, 2.75) is 31.7 Å². The number of carbonyl (C=O) groups excluding carboxylic acids is 2. The van der Waals surface area contributed by atoms with Gasteiger partial charge in [0.2, 0.25) is 11.8 Å². The summed E-state index contributed by atoms with van der Waals surface area (Å²) in [6, 6.07) is 6.77. The quantitative estimate of drug-likeness (QED) is 0.612. The Morgan fingerprint density at radius 2 is 2.38 bits per heavy atom. The number of likely N-dealkylation sites (tertiary alicyclic amines) is 1. The molecule has 2 rings (SSSR count). The van der Waals surface area contributed by atoms with Crippen LogP contribution in [0.5, 0.6) is 0 Å². The summed E-state index contributed by atoms with van der Waals surface area (Å²) in [6.45, 7) is 2.31. The SMILES string of the molecule is CCC(C(N)=O)N1CC(c2cccc(NN=[N-])c2)CC1=O. The van der Waals surface area contributed by atoms with Crippen molar-refractivity contribution in [2.24, 2.45) is 11.0 Å². The molecule has 3 N–H and O–H groups in total. The van der Waals surface area contributed by atoms with Gasteiger partial charge in [-0.25, -0.2) is 0 Å². The molecule has 1 aromatic carbocycles. The summed E-state index contributed by atoms with van der Waals surface area (Å²) in [4.78, 5) is 25.1. The van der Waals surface area contributed by atoms with E-state index in [2.05, 4.69) is 10.6 Å². The molecule has 1 fully saturated rings. The Hall–Kier alpha value is -2.44. The third kappa shape index (κ3) is 3.18. The molecule has 2 atom stereocenters. The molecular weight excluding hydrogens is 270 g/mol. The van der Waals surface area contributed by atoms with Crippen LogP contribution in [0.25, 0.3) is 5.53 Å². The van der Waals surface area contributed by atoms with Gasteiger partial charge in [0.25, 0.3) is 0 Å². The number of hydrogen-bond acceptors (Lipinski definition) is 3. The lowest BCUT2D eigenvalue weighted by Gasteiger charge is -2.24. The third-order valence-corrected chi connectivity index (χ3v) is 3.79. The van der Waals surface area contributed by atoms with E-state index < -0.39 is 11.9 Å². The molecule has 21 heavy (non-hydrogen) atoms. The molecular formula is C14H18N5O2-. The van der Waals surface area contributed by atoms with Crippen LogP contribution in [-0.4, -0.2) is 29.3 Å². The molecule has 1 aliphatic rings. The molecule has 0 radical (unpaired) electrons. The zero-order valence-electron chi connectivity index (χ0n) is 11.8. The number of nitrogens with zero attached hydrogens (tertiary/aromatic N) is 3. The fourth-order valence-electron chi connectivity index (χ4n) is 2.75. The number of anilines is 1. The minimum absolute atomic E-state index is 0.00587. The fraction of sp³-hybridized carbons (Fsp3) is 0.429. The molecule has 2 amide bonds. The topological polar surface area (TPSA) is 110 Å². The van der Waals surface area contributed by atoms with Crippen LogP contribution in [0.3, 0.4) is 0 Å². The van der Waals surface area contributed by atoms with Crippen LogP contribution >= 0.6 is 0 Å². The Balaban J connectivity index is 2.17. The maximum absolute atomic E-state index is 12.1. The van der Waals surface area contributed by atoms with E-state index in [1.54, 1.807) is 11.0 Å². The zero-order valence-corrected chi connectivity index (χ0v) is 11.8.